The Labute approximate surface area is 203 Å². The second-order valence-electron chi connectivity index (χ2n) is 9.00. The van der Waals surface area contributed by atoms with Crippen LogP contribution >= 0.6 is 23.2 Å². The summed E-state index contributed by atoms with van der Waals surface area (Å²) < 4.78 is 5.58. The van der Waals surface area contributed by atoms with E-state index in [2.05, 4.69) is 15.2 Å². The molecule has 2 fully saturated rings. The first-order valence-corrected chi connectivity index (χ1v) is 11.7. The minimum absolute atomic E-state index is 0.128. The van der Waals surface area contributed by atoms with Gasteiger partial charge in [0.15, 0.2) is 0 Å². The van der Waals surface area contributed by atoms with Crippen LogP contribution in [-0.4, -0.2) is 53.3 Å². The molecule has 3 aromatic rings. The van der Waals surface area contributed by atoms with E-state index in [1.54, 1.807) is 13.3 Å². The van der Waals surface area contributed by atoms with Gasteiger partial charge in [0.25, 0.3) is 0 Å². The van der Waals surface area contributed by atoms with Gasteiger partial charge < -0.3 is 15.2 Å². The average molecular weight is 485 g/mol. The summed E-state index contributed by atoms with van der Waals surface area (Å²) in [5.74, 6) is 0.499. The first-order valence-electron chi connectivity index (χ1n) is 11.0. The molecule has 6 nitrogen and oxygen atoms in total. The van der Waals surface area contributed by atoms with E-state index in [-0.39, 0.29) is 6.10 Å². The molecule has 0 bridgehead atoms. The fourth-order valence-corrected chi connectivity index (χ4v) is 5.74. The Morgan fingerprint density at radius 1 is 1.09 bits per heavy atom. The first-order chi connectivity index (χ1) is 15.9. The molecule has 2 heterocycles. The SMILES string of the molecule is CNc1cccc(-c2cccc(-c3cnc(CN4CC5(CC(O)C5)C4)c(OC)n3)c2Cl)c1Cl. The van der Waals surface area contributed by atoms with Gasteiger partial charge in [0.2, 0.25) is 5.88 Å². The van der Waals surface area contributed by atoms with Crippen LogP contribution in [0.1, 0.15) is 18.5 Å². The number of methoxy groups -OCH3 is 1. The summed E-state index contributed by atoms with van der Waals surface area (Å²) in [7, 11) is 3.44. The number of aromatic nitrogens is 2. The number of anilines is 1. The molecule has 0 atom stereocenters. The van der Waals surface area contributed by atoms with E-state index in [0.29, 0.717) is 33.6 Å². The monoisotopic (exact) mass is 484 g/mol. The first kappa shape index (κ1) is 22.4. The fourth-order valence-electron chi connectivity index (χ4n) is 5.09. The van der Waals surface area contributed by atoms with Crippen LogP contribution in [-0.2, 0) is 6.54 Å². The Bertz CT molecular complexity index is 1190. The van der Waals surface area contributed by atoms with Crippen LogP contribution in [0.4, 0.5) is 5.69 Å². The maximum absolute atomic E-state index is 9.62. The van der Waals surface area contributed by atoms with Crippen LogP contribution in [0, 0.1) is 5.41 Å². The van der Waals surface area contributed by atoms with E-state index in [4.69, 9.17) is 32.9 Å². The van der Waals surface area contributed by atoms with Crippen LogP contribution in [0.2, 0.25) is 10.0 Å². The Morgan fingerprint density at radius 3 is 2.42 bits per heavy atom. The molecule has 1 aliphatic carbocycles. The maximum Gasteiger partial charge on any atom is 0.237 e. The van der Waals surface area contributed by atoms with Crippen molar-refractivity contribution < 1.29 is 9.84 Å². The zero-order valence-electron chi connectivity index (χ0n) is 18.6. The lowest BCUT2D eigenvalue weighted by molar-refractivity contribution is -0.131. The third-order valence-electron chi connectivity index (χ3n) is 6.67. The van der Waals surface area contributed by atoms with Crippen molar-refractivity contribution in [1.29, 1.82) is 0 Å². The molecule has 1 aromatic heterocycles. The third kappa shape index (κ3) is 4.06. The van der Waals surface area contributed by atoms with Crippen LogP contribution in [0.5, 0.6) is 5.88 Å². The standard InChI is InChI=1S/C25H26Cl2N4O2/c1-28-19-8-4-6-17(23(19)27)16-5-3-7-18(22(16)26)20-11-29-21(24(30-20)33-2)12-31-13-25(14-31)9-15(32)10-25/h3-8,11,15,28,32H,9-10,12-14H2,1-2H3. The molecular weight excluding hydrogens is 459 g/mol. The molecule has 0 unspecified atom stereocenters. The van der Waals surface area contributed by atoms with Crippen molar-refractivity contribution >= 4 is 28.9 Å². The summed E-state index contributed by atoms with van der Waals surface area (Å²) in [6.07, 6.45) is 3.43. The van der Waals surface area contributed by atoms with Gasteiger partial charge in [-0.1, -0.05) is 53.5 Å². The highest BCUT2D eigenvalue weighted by Crippen LogP contribution is 2.49. The van der Waals surface area contributed by atoms with E-state index in [1.807, 2.05) is 43.4 Å². The summed E-state index contributed by atoms with van der Waals surface area (Å²) in [6.45, 7) is 2.64. The highest BCUT2D eigenvalue weighted by molar-refractivity contribution is 6.39. The topological polar surface area (TPSA) is 70.5 Å². The zero-order valence-corrected chi connectivity index (χ0v) is 20.1. The normalized spacial score (nSPS) is 17.5. The molecule has 2 aromatic carbocycles. The molecule has 2 N–H and O–H groups in total. The molecule has 1 saturated carbocycles. The number of halogens is 2. The molecule has 172 valence electrons. The van der Waals surface area contributed by atoms with E-state index < -0.39 is 0 Å². The van der Waals surface area contributed by atoms with Gasteiger partial charge in [-0.05, 0) is 18.9 Å². The van der Waals surface area contributed by atoms with E-state index in [9.17, 15) is 5.11 Å². The number of rotatable bonds is 6. The van der Waals surface area contributed by atoms with Gasteiger partial charge in [-0.25, -0.2) is 4.98 Å². The van der Waals surface area contributed by atoms with Crippen molar-refractivity contribution in [3.63, 3.8) is 0 Å². The number of nitrogens with one attached hydrogen (secondary N) is 1. The van der Waals surface area contributed by atoms with Gasteiger partial charge in [-0.15, -0.1) is 0 Å². The van der Waals surface area contributed by atoms with Crippen molar-refractivity contribution in [1.82, 2.24) is 14.9 Å². The number of nitrogens with zero attached hydrogens (tertiary/aromatic N) is 3. The highest BCUT2D eigenvalue weighted by atomic mass is 35.5. The van der Waals surface area contributed by atoms with Crippen molar-refractivity contribution in [2.45, 2.75) is 25.5 Å². The minimum atomic E-state index is -0.128. The summed E-state index contributed by atoms with van der Waals surface area (Å²) in [5, 5.41) is 13.9. The van der Waals surface area contributed by atoms with Crippen LogP contribution in [0.25, 0.3) is 22.4 Å². The van der Waals surface area contributed by atoms with Crippen molar-refractivity contribution in [3.05, 3.63) is 58.3 Å². The minimum Gasteiger partial charge on any atom is -0.480 e. The van der Waals surface area contributed by atoms with Gasteiger partial charge in [-0.2, -0.15) is 0 Å². The average Bonchev–Trinajstić information content (AvgIpc) is 2.77. The summed E-state index contributed by atoms with van der Waals surface area (Å²) in [6, 6.07) is 11.6. The van der Waals surface area contributed by atoms with E-state index in [0.717, 1.165) is 54.0 Å². The third-order valence-corrected chi connectivity index (χ3v) is 7.48. The van der Waals surface area contributed by atoms with Crippen molar-refractivity contribution in [2.24, 2.45) is 5.41 Å². The number of benzene rings is 2. The van der Waals surface area contributed by atoms with Crippen molar-refractivity contribution in [3.8, 4) is 28.3 Å². The lowest BCUT2D eigenvalue weighted by atomic mass is 9.62. The number of aliphatic hydroxyl groups excluding tert-OH is 1. The molecule has 33 heavy (non-hydrogen) atoms. The van der Waals surface area contributed by atoms with Gasteiger partial charge in [0, 0.05) is 48.8 Å². The van der Waals surface area contributed by atoms with Crippen LogP contribution < -0.4 is 10.1 Å². The van der Waals surface area contributed by atoms with E-state index in [1.165, 1.54) is 0 Å². The molecule has 1 aliphatic heterocycles. The number of ether oxygens (including phenoxy) is 1. The van der Waals surface area contributed by atoms with Crippen molar-refractivity contribution in [2.75, 3.05) is 32.6 Å². The van der Waals surface area contributed by atoms with Gasteiger partial charge in [-0.3, -0.25) is 9.88 Å². The predicted molar refractivity (Wildman–Crippen MR) is 132 cm³/mol. The molecular formula is C25H26Cl2N4O2. The van der Waals surface area contributed by atoms with Crippen LogP contribution in [0.3, 0.4) is 0 Å². The lowest BCUT2D eigenvalue weighted by Gasteiger charge is -2.57. The Balaban J connectivity index is 1.41. The Hall–Kier alpha value is -2.38. The zero-order chi connectivity index (χ0) is 23.2. The fraction of sp³-hybridized carbons (Fsp3) is 0.360. The number of likely N-dealkylation sites (tertiary alicyclic amines) is 1. The predicted octanol–water partition coefficient (Wildman–Crippen LogP) is 5.12. The molecule has 0 amide bonds. The summed E-state index contributed by atoms with van der Waals surface area (Å²) in [5.41, 5.74) is 5.03. The molecule has 1 spiro atoms. The Morgan fingerprint density at radius 2 is 1.76 bits per heavy atom. The second-order valence-corrected chi connectivity index (χ2v) is 9.76. The summed E-state index contributed by atoms with van der Waals surface area (Å²) in [4.78, 5) is 11.7. The molecule has 5 rings (SSSR count). The molecule has 2 aliphatic rings. The molecule has 8 heteroatoms. The largest absolute Gasteiger partial charge is 0.480 e. The van der Waals surface area contributed by atoms with Crippen LogP contribution in [0.15, 0.2) is 42.6 Å². The van der Waals surface area contributed by atoms with Gasteiger partial charge in [0.1, 0.15) is 5.69 Å². The quantitative estimate of drug-likeness (QED) is 0.505. The summed E-state index contributed by atoms with van der Waals surface area (Å²) >= 11 is 13.5. The highest BCUT2D eigenvalue weighted by Gasteiger charge is 2.51. The Kier molecular flexibility index (Phi) is 5.95. The van der Waals surface area contributed by atoms with Gasteiger partial charge in [0.05, 0.1) is 40.8 Å². The maximum atomic E-state index is 9.62. The smallest absolute Gasteiger partial charge is 0.237 e. The number of hydrogen-bond donors (Lipinski definition) is 2. The van der Waals surface area contributed by atoms with Gasteiger partial charge >= 0.3 is 0 Å². The number of hydrogen-bond acceptors (Lipinski definition) is 6. The lowest BCUT2D eigenvalue weighted by Crippen LogP contribution is -2.63. The molecule has 0 radical (unpaired) electrons. The van der Waals surface area contributed by atoms with E-state index >= 15 is 0 Å². The molecule has 1 saturated heterocycles. The number of aliphatic hydroxyl groups is 1. The second kappa shape index (κ2) is 8.76.